The molecule has 0 bridgehead atoms. The van der Waals surface area contributed by atoms with E-state index in [1.165, 1.54) is 10.4 Å². The minimum Gasteiger partial charge on any atom is -0.497 e. The number of ether oxygens (including phenoxy) is 2. The molecule has 8 heteroatoms. The zero-order chi connectivity index (χ0) is 23.5. The van der Waals surface area contributed by atoms with Crippen molar-refractivity contribution >= 4 is 15.9 Å². The van der Waals surface area contributed by atoms with Crippen LogP contribution in [0, 0.1) is 11.8 Å². The van der Waals surface area contributed by atoms with Gasteiger partial charge in [0.05, 0.1) is 25.2 Å². The first-order chi connectivity index (χ1) is 15.1. The lowest BCUT2D eigenvalue weighted by Crippen LogP contribution is -2.42. The first kappa shape index (κ1) is 24.1. The van der Waals surface area contributed by atoms with E-state index in [4.69, 9.17) is 9.47 Å². The fourth-order valence-electron chi connectivity index (χ4n) is 4.28. The average Bonchev–Trinajstić information content (AvgIpc) is 2.77. The molecule has 3 rings (SSSR count). The molecule has 1 heterocycles. The van der Waals surface area contributed by atoms with Crippen molar-refractivity contribution in [2.24, 2.45) is 11.8 Å². The molecule has 7 nitrogen and oxygen atoms in total. The Hall–Kier alpha value is -2.58. The summed E-state index contributed by atoms with van der Waals surface area (Å²) in [6.45, 7) is 6.97. The number of carbonyl (C=O) groups excluding carboxylic acids is 1. The summed E-state index contributed by atoms with van der Waals surface area (Å²) in [7, 11) is -0.529. The predicted octanol–water partition coefficient (Wildman–Crippen LogP) is 3.86. The zero-order valence-corrected chi connectivity index (χ0v) is 20.1. The number of piperidine rings is 1. The van der Waals surface area contributed by atoms with E-state index in [-0.39, 0.29) is 16.8 Å². The highest BCUT2D eigenvalue weighted by atomic mass is 32.2. The fourth-order valence-corrected chi connectivity index (χ4v) is 6.01. The second kappa shape index (κ2) is 9.92. The molecule has 3 atom stereocenters. The third kappa shape index (κ3) is 5.24. The van der Waals surface area contributed by atoms with Gasteiger partial charge in [-0.25, -0.2) is 8.42 Å². The highest BCUT2D eigenvalue weighted by Gasteiger charge is 2.32. The monoisotopic (exact) mass is 460 g/mol. The number of benzene rings is 2. The van der Waals surface area contributed by atoms with Gasteiger partial charge in [-0.1, -0.05) is 19.9 Å². The van der Waals surface area contributed by atoms with Gasteiger partial charge in [0.1, 0.15) is 11.5 Å². The van der Waals surface area contributed by atoms with E-state index >= 15 is 0 Å². The van der Waals surface area contributed by atoms with E-state index in [0.717, 1.165) is 12.0 Å². The molecule has 32 heavy (non-hydrogen) atoms. The molecular formula is C24H32N2O5S. The van der Waals surface area contributed by atoms with Gasteiger partial charge in [0.2, 0.25) is 10.0 Å². The molecule has 0 spiro atoms. The molecule has 1 N–H and O–H groups in total. The fraction of sp³-hybridized carbons (Fsp3) is 0.458. The van der Waals surface area contributed by atoms with Crippen LogP contribution in [-0.4, -0.2) is 45.9 Å². The molecule has 0 aliphatic carbocycles. The van der Waals surface area contributed by atoms with Gasteiger partial charge in [0.15, 0.2) is 0 Å². The molecule has 1 aliphatic rings. The molecule has 2 aromatic carbocycles. The Morgan fingerprint density at radius 2 is 1.75 bits per heavy atom. The first-order valence-corrected chi connectivity index (χ1v) is 12.2. The van der Waals surface area contributed by atoms with Crippen molar-refractivity contribution in [3.63, 3.8) is 0 Å². The summed E-state index contributed by atoms with van der Waals surface area (Å²) in [5, 5.41) is 2.93. The molecule has 1 aliphatic heterocycles. The van der Waals surface area contributed by atoms with Gasteiger partial charge in [0, 0.05) is 30.3 Å². The van der Waals surface area contributed by atoms with Gasteiger partial charge in [-0.15, -0.1) is 0 Å². The quantitative estimate of drug-likeness (QED) is 0.678. The van der Waals surface area contributed by atoms with Gasteiger partial charge in [-0.3, -0.25) is 4.79 Å². The van der Waals surface area contributed by atoms with Gasteiger partial charge in [-0.05, 0) is 55.5 Å². The van der Waals surface area contributed by atoms with Crippen LogP contribution in [0.5, 0.6) is 11.5 Å². The van der Waals surface area contributed by atoms with E-state index < -0.39 is 10.0 Å². The maximum atomic E-state index is 13.2. The van der Waals surface area contributed by atoms with Crippen LogP contribution in [0.2, 0.25) is 0 Å². The van der Waals surface area contributed by atoms with Gasteiger partial charge < -0.3 is 14.8 Å². The Balaban J connectivity index is 1.80. The summed E-state index contributed by atoms with van der Waals surface area (Å²) in [5.74, 6) is 1.51. The van der Waals surface area contributed by atoms with Crippen LogP contribution in [0.1, 0.15) is 49.2 Å². The Bertz CT molecular complexity index is 1060. The van der Waals surface area contributed by atoms with Crippen molar-refractivity contribution < 1.29 is 22.7 Å². The highest BCUT2D eigenvalue weighted by Crippen LogP contribution is 2.30. The summed E-state index contributed by atoms with van der Waals surface area (Å²) < 4.78 is 38.6. The van der Waals surface area contributed by atoms with Crippen LogP contribution in [0.15, 0.2) is 47.4 Å². The lowest BCUT2D eigenvalue weighted by atomic mass is 9.94. The van der Waals surface area contributed by atoms with E-state index in [0.29, 0.717) is 42.0 Å². The number of nitrogens with one attached hydrogen (secondary N) is 1. The standard InChI is InChI=1S/C24H32N2O5S/c1-16-11-17(2)15-26(14-16)32(28,29)21-8-6-7-19(12-21)24(27)25-18(3)22-10-9-20(30-4)13-23(22)31-5/h6-10,12-13,16-18H,11,14-15H2,1-5H3,(H,25,27). The summed E-state index contributed by atoms with van der Waals surface area (Å²) in [6, 6.07) is 11.3. The SMILES string of the molecule is COc1ccc(C(C)NC(=O)c2cccc(S(=O)(=O)N3CC(C)CC(C)C3)c2)c(OC)c1. The van der Waals surface area contributed by atoms with Crippen LogP contribution < -0.4 is 14.8 Å². The minimum absolute atomic E-state index is 0.140. The average molecular weight is 461 g/mol. The smallest absolute Gasteiger partial charge is 0.251 e. The first-order valence-electron chi connectivity index (χ1n) is 10.8. The topological polar surface area (TPSA) is 84.9 Å². The summed E-state index contributed by atoms with van der Waals surface area (Å²) in [4.78, 5) is 13.1. The molecule has 0 saturated carbocycles. The lowest BCUT2D eigenvalue weighted by molar-refractivity contribution is 0.0939. The minimum atomic E-state index is -3.66. The van der Waals surface area contributed by atoms with Crippen LogP contribution in [0.25, 0.3) is 0 Å². The number of sulfonamides is 1. The molecule has 2 aromatic rings. The van der Waals surface area contributed by atoms with Crippen molar-refractivity contribution in [1.82, 2.24) is 9.62 Å². The molecule has 3 unspecified atom stereocenters. The van der Waals surface area contributed by atoms with E-state index in [2.05, 4.69) is 19.2 Å². The normalized spacial score (nSPS) is 20.4. The Labute approximate surface area is 190 Å². The number of amides is 1. The molecule has 1 amide bonds. The molecule has 174 valence electrons. The predicted molar refractivity (Wildman–Crippen MR) is 124 cm³/mol. The van der Waals surface area contributed by atoms with Crippen molar-refractivity contribution in [3.8, 4) is 11.5 Å². The third-order valence-electron chi connectivity index (χ3n) is 5.82. The van der Waals surface area contributed by atoms with Crippen LogP contribution >= 0.6 is 0 Å². The van der Waals surface area contributed by atoms with Crippen molar-refractivity contribution in [2.75, 3.05) is 27.3 Å². The van der Waals surface area contributed by atoms with E-state index in [1.54, 1.807) is 44.6 Å². The Morgan fingerprint density at radius 3 is 2.38 bits per heavy atom. The van der Waals surface area contributed by atoms with E-state index in [1.807, 2.05) is 13.0 Å². The van der Waals surface area contributed by atoms with Crippen LogP contribution in [-0.2, 0) is 10.0 Å². The second-order valence-corrected chi connectivity index (χ2v) is 10.5. The van der Waals surface area contributed by atoms with Crippen molar-refractivity contribution in [3.05, 3.63) is 53.6 Å². The van der Waals surface area contributed by atoms with Gasteiger partial charge >= 0.3 is 0 Å². The second-order valence-electron chi connectivity index (χ2n) is 8.60. The molecule has 0 radical (unpaired) electrons. The van der Waals surface area contributed by atoms with Crippen LogP contribution in [0.4, 0.5) is 0 Å². The highest BCUT2D eigenvalue weighted by molar-refractivity contribution is 7.89. The van der Waals surface area contributed by atoms with Crippen LogP contribution in [0.3, 0.4) is 0 Å². The van der Waals surface area contributed by atoms with Crippen molar-refractivity contribution in [2.45, 2.75) is 38.1 Å². The largest absolute Gasteiger partial charge is 0.497 e. The zero-order valence-electron chi connectivity index (χ0n) is 19.3. The maximum absolute atomic E-state index is 13.2. The molecule has 0 aromatic heterocycles. The number of nitrogens with zero attached hydrogens (tertiary/aromatic N) is 1. The summed E-state index contributed by atoms with van der Waals surface area (Å²) >= 11 is 0. The maximum Gasteiger partial charge on any atom is 0.251 e. The number of hydrogen-bond donors (Lipinski definition) is 1. The van der Waals surface area contributed by atoms with E-state index in [9.17, 15) is 13.2 Å². The lowest BCUT2D eigenvalue weighted by Gasteiger charge is -2.34. The summed E-state index contributed by atoms with van der Waals surface area (Å²) in [5.41, 5.74) is 1.09. The Kier molecular flexibility index (Phi) is 7.46. The Morgan fingerprint density at radius 1 is 1.06 bits per heavy atom. The third-order valence-corrected chi connectivity index (χ3v) is 7.65. The van der Waals surface area contributed by atoms with Gasteiger partial charge in [0.25, 0.3) is 5.91 Å². The number of carbonyl (C=O) groups is 1. The van der Waals surface area contributed by atoms with Crippen molar-refractivity contribution in [1.29, 1.82) is 0 Å². The molecule has 1 fully saturated rings. The number of hydrogen-bond acceptors (Lipinski definition) is 5. The van der Waals surface area contributed by atoms with Gasteiger partial charge in [-0.2, -0.15) is 4.31 Å². The number of rotatable bonds is 7. The number of methoxy groups -OCH3 is 2. The molecular weight excluding hydrogens is 428 g/mol. The summed E-state index contributed by atoms with van der Waals surface area (Å²) in [6.07, 6.45) is 1.02. The molecule has 1 saturated heterocycles.